The average molecular weight is 322 g/mol. The molecule has 0 radical (unpaired) electrons. The van der Waals surface area contributed by atoms with Gasteiger partial charge in [0, 0.05) is 16.0 Å². The predicted molar refractivity (Wildman–Crippen MR) is 70.8 cm³/mol. The molecule has 86 valence electrons. The highest BCUT2D eigenvalue weighted by Gasteiger charge is 2.30. The number of hydrogen-bond acceptors (Lipinski definition) is 1. The van der Waals surface area contributed by atoms with Gasteiger partial charge in [-0.05, 0) is 36.6 Å². The topological polar surface area (TPSA) is 17.1 Å². The zero-order chi connectivity index (χ0) is 11.7. The minimum atomic E-state index is -0.0608. The summed E-state index contributed by atoms with van der Waals surface area (Å²) in [7, 11) is 0. The molecule has 0 amide bonds. The van der Waals surface area contributed by atoms with Crippen LogP contribution in [0.4, 0.5) is 0 Å². The molecule has 1 aliphatic carbocycles. The van der Waals surface area contributed by atoms with Crippen LogP contribution in [0.3, 0.4) is 0 Å². The second kappa shape index (κ2) is 5.07. The van der Waals surface area contributed by atoms with Crippen LogP contribution in [-0.2, 0) is 4.79 Å². The monoisotopic (exact) mass is 320 g/mol. The minimum absolute atomic E-state index is 0.0241. The van der Waals surface area contributed by atoms with Gasteiger partial charge in [0.2, 0.25) is 0 Å². The van der Waals surface area contributed by atoms with Crippen molar-refractivity contribution in [2.75, 3.05) is 0 Å². The Labute approximate surface area is 113 Å². The molecule has 0 bridgehead atoms. The van der Waals surface area contributed by atoms with Gasteiger partial charge < -0.3 is 0 Å². The third-order valence-electron chi connectivity index (χ3n) is 2.89. The van der Waals surface area contributed by atoms with E-state index in [1.165, 1.54) is 0 Å². The fourth-order valence-corrected chi connectivity index (χ4v) is 3.30. The van der Waals surface area contributed by atoms with Crippen molar-refractivity contribution in [3.8, 4) is 0 Å². The van der Waals surface area contributed by atoms with Gasteiger partial charge in [-0.2, -0.15) is 0 Å². The Morgan fingerprint density at radius 1 is 1.12 bits per heavy atom. The van der Waals surface area contributed by atoms with Gasteiger partial charge in [-0.25, -0.2) is 0 Å². The van der Waals surface area contributed by atoms with E-state index in [2.05, 4.69) is 15.9 Å². The second-order valence-corrected chi connectivity index (χ2v) is 6.03. The Bertz CT molecular complexity index is 399. The third-order valence-corrected chi connectivity index (χ3v) is 4.24. The number of hydrogen-bond donors (Lipinski definition) is 0. The lowest BCUT2D eigenvalue weighted by Crippen LogP contribution is -2.27. The largest absolute Gasteiger partial charge is 0.298 e. The number of carbonyl (C=O) groups is 1. The van der Waals surface area contributed by atoms with E-state index in [1.807, 2.05) is 12.1 Å². The highest BCUT2D eigenvalue weighted by molar-refractivity contribution is 9.10. The first kappa shape index (κ1) is 12.4. The van der Waals surface area contributed by atoms with Crippen LogP contribution >= 0.6 is 39.1 Å². The maximum Gasteiger partial charge on any atom is 0.153 e. The molecule has 1 saturated carbocycles. The first-order chi connectivity index (χ1) is 7.58. The normalized spacial score (nSPS) is 25.8. The molecular weight excluding hydrogens is 311 g/mol. The van der Waals surface area contributed by atoms with Crippen molar-refractivity contribution in [1.29, 1.82) is 0 Å². The number of benzene rings is 1. The van der Waals surface area contributed by atoms with E-state index in [0.717, 1.165) is 24.8 Å². The maximum absolute atomic E-state index is 12.0. The zero-order valence-corrected chi connectivity index (χ0v) is 11.6. The van der Waals surface area contributed by atoms with Gasteiger partial charge in [-0.3, -0.25) is 4.79 Å². The number of rotatable bonds is 1. The standard InChI is InChI=1S/C12H11BrCl2O/c13-11-3-1-2-10(12(11)16)7-4-8(14)6-9(15)5-7/h4-6,10-11H,1-3H2. The van der Waals surface area contributed by atoms with E-state index >= 15 is 0 Å². The molecule has 16 heavy (non-hydrogen) atoms. The van der Waals surface area contributed by atoms with Crippen molar-refractivity contribution < 1.29 is 4.79 Å². The third kappa shape index (κ3) is 2.61. The quantitative estimate of drug-likeness (QED) is 0.691. The Balaban J connectivity index is 2.32. The molecule has 0 aliphatic heterocycles. The van der Waals surface area contributed by atoms with E-state index in [9.17, 15) is 4.79 Å². The van der Waals surface area contributed by atoms with E-state index in [-0.39, 0.29) is 16.5 Å². The highest BCUT2D eigenvalue weighted by atomic mass is 79.9. The van der Waals surface area contributed by atoms with E-state index in [0.29, 0.717) is 10.0 Å². The molecule has 0 saturated heterocycles. The molecule has 1 aliphatic rings. The van der Waals surface area contributed by atoms with Crippen LogP contribution in [0.5, 0.6) is 0 Å². The fourth-order valence-electron chi connectivity index (χ4n) is 2.11. The lowest BCUT2D eigenvalue weighted by Gasteiger charge is -2.24. The number of Topliss-reactive ketones (excluding diaryl/α,β-unsaturated/α-hetero) is 1. The lowest BCUT2D eigenvalue weighted by molar-refractivity contribution is -0.121. The number of ketones is 1. The molecule has 4 heteroatoms. The molecule has 2 rings (SSSR count). The lowest BCUT2D eigenvalue weighted by atomic mass is 9.83. The molecule has 0 heterocycles. The Morgan fingerprint density at radius 2 is 1.75 bits per heavy atom. The maximum atomic E-state index is 12.0. The SMILES string of the molecule is O=C1C(Br)CCCC1c1cc(Cl)cc(Cl)c1. The molecule has 0 spiro atoms. The van der Waals surface area contributed by atoms with Crippen LogP contribution in [0, 0.1) is 0 Å². The van der Waals surface area contributed by atoms with Crippen LogP contribution in [0.2, 0.25) is 10.0 Å². The van der Waals surface area contributed by atoms with Crippen LogP contribution in [0.15, 0.2) is 18.2 Å². The molecule has 2 atom stereocenters. The van der Waals surface area contributed by atoms with E-state index in [1.54, 1.807) is 6.07 Å². The first-order valence-electron chi connectivity index (χ1n) is 5.21. The van der Waals surface area contributed by atoms with Crippen molar-refractivity contribution in [3.63, 3.8) is 0 Å². The predicted octanol–water partition coefficient (Wildman–Crippen LogP) is 4.59. The smallest absolute Gasteiger partial charge is 0.153 e. The molecule has 0 N–H and O–H groups in total. The van der Waals surface area contributed by atoms with Crippen LogP contribution < -0.4 is 0 Å². The van der Waals surface area contributed by atoms with Gasteiger partial charge >= 0.3 is 0 Å². The number of alkyl halides is 1. The highest BCUT2D eigenvalue weighted by Crippen LogP contribution is 2.35. The summed E-state index contributed by atoms with van der Waals surface area (Å²) in [6.45, 7) is 0. The van der Waals surface area contributed by atoms with Gasteiger partial charge in [0.15, 0.2) is 5.78 Å². The second-order valence-electron chi connectivity index (χ2n) is 4.06. The number of halogens is 3. The molecule has 1 fully saturated rings. The fraction of sp³-hybridized carbons (Fsp3) is 0.417. The van der Waals surface area contributed by atoms with Crippen molar-refractivity contribution in [3.05, 3.63) is 33.8 Å². The van der Waals surface area contributed by atoms with Crippen molar-refractivity contribution in [2.24, 2.45) is 0 Å². The molecule has 0 aromatic heterocycles. The van der Waals surface area contributed by atoms with Crippen molar-refractivity contribution in [2.45, 2.75) is 30.0 Å². The first-order valence-corrected chi connectivity index (χ1v) is 6.89. The number of carbonyl (C=O) groups excluding carboxylic acids is 1. The minimum Gasteiger partial charge on any atom is -0.298 e. The van der Waals surface area contributed by atoms with Crippen LogP contribution in [-0.4, -0.2) is 10.6 Å². The Hall–Kier alpha value is -0.0500. The van der Waals surface area contributed by atoms with Gasteiger partial charge in [0.05, 0.1) is 4.83 Å². The molecule has 1 aromatic carbocycles. The van der Waals surface area contributed by atoms with Crippen LogP contribution in [0.25, 0.3) is 0 Å². The summed E-state index contributed by atoms with van der Waals surface area (Å²) in [4.78, 5) is 12.0. The van der Waals surface area contributed by atoms with Crippen molar-refractivity contribution in [1.82, 2.24) is 0 Å². The Kier molecular flexibility index (Phi) is 3.93. The molecule has 1 aromatic rings. The van der Waals surface area contributed by atoms with Gasteiger partial charge in [0.25, 0.3) is 0 Å². The Morgan fingerprint density at radius 3 is 2.38 bits per heavy atom. The van der Waals surface area contributed by atoms with Crippen LogP contribution in [0.1, 0.15) is 30.7 Å². The average Bonchev–Trinajstić information content (AvgIpc) is 2.20. The summed E-state index contributed by atoms with van der Waals surface area (Å²) in [5, 5.41) is 1.18. The van der Waals surface area contributed by atoms with E-state index < -0.39 is 0 Å². The molecular formula is C12H11BrCl2O. The van der Waals surface area contributed by atoms with Gasteiger partial charge in [-0.15, -0.1) is 0 Å². The van der Waals surface area contributed by atoms with E-state index in [4.69, 9.17) is 23.2 Å². The summed E-state index contributed by atoms with van der Waals surface area (Å²) >= 11 is 15.3. The molecule has 2 unspecified atom stereocenters. The summed E-state index contributed by atoms with van der Waals surface area (Å²) in [5.41, 5.74) is 0.937. The summed E-state index contributed by atoms with van der Waals surface area (Å²) < 4.78 is 0. The molecule has 1 nitrogen and oxygen atoms in total. The summed E-state index contributed by atoms with van der Waals surface area (Å²) in [6.07, 6.45) is 2.86. The van der Waals surface area contributed by atoms with Gasteiger partial charge in [0.1, 0.15) is 0 Å². The van der Waals surface area contributed by atoms with Gasteiger partial charge in [-0.1, -0.05) is 45.6 Å². The summed E-state index contributed by atoms with van der Waals surface area (Å²) in [6, 6.07) is 5.35. The zero-order valence-electron chi connectivity index (χ0n) is 8.55. The summed E-state index contributed by atoms with van der Waals surface area (Å²) in [5.74, 6) is 0.180. The van der Waals surface area contributed by atoms with Crippen molar-refractivity contribution >= 4 is 44.9 Å².